The molecular weight excluding hydrogens is 298 g/mol. The van der Waals surface area contributed by atoms with Crippen molar-refractivity contribution in [3.63, 3.8) is 0 Å². The number of hydrogen-bond donors (Lipinski definition) is 0. The lowest BCUT2D eigenvalue weighted by molar-refractivity contribution is 0.0786. The maximum atomic E-state index is 13.0. The van der Waals surface area contributed by atoms with Crippen LogP contribution < -0.4 is 0 Å². The van der Waals surface area contributed by atoms with Crippen molar-refractivity contribution >= 4 is 16.8 Å². The van der Waals surface area contributed by atoms with E-state index in [0.717, 1.165) is 27.7 Å². The van der Waals surface area contributed by atoms with Crippen molar-refractivity contribution in [3.8, 4) is 0 Å². The maximum Gasteiger partial charge on any atom is 0.254 e. The van der Waals surface area contributed by atoms with E-state index in [2.05, 4.69) is 4.98 Å². The molecule has 1 saturated carbocycles. The second kappa shape index (κ2) is 6.04. The lowest BCUT2D eigenvalue weighted by Gasteiger charge is -2.19. The zero-order valence-electron chi connectivity index (χ0n) is 13.6. The highest BCUT2D eigenvalue weighted by Gasteiger charge is 2.27. The van der Waals surface area contributed by atoms with Crippen molar-refractivity contribution in [2.24, 2.45) is 0 Å². The monoisotopic (exact) mass is 317 g/mol. The number of pyridine rings is 2. The number of carbonyl (C=O) groups is 1. The number of benzene rings is 1. The molecule has 1 aromatic carbocycles. The van der Waals surface area contributed by atoms with Gasteiger partial charge in [0.05, 0.1) is 11.1 Å². The fourth-order valence-corrected chi connectivity index (χ4v) is 3.00. The van der Waals surface area contributed by atoms with E-state index in [0.29, 0.717) is 12.5 Å². The maximum absolute atomic E-state index is 13.0. The van der Waals surface area contributed by atoms with E-state index in [1.165, 1.54) is 12.8 Å². The standard InChI is InChI=1S/C20H19N3O/c1-23(13-14-5-4-10-21-12-14)20(24)17-11-19(15-8-9-15)22-18-7-3-2-6-16(17)18/h2-7,10-12,15H,8-9,13H2,1H3. The van der Waals surface area contributed by atoms with Gasteiger partial charge in [-0.2, -0.15) is 0 Å². The highest BCUT2D eigenvalue weighted by molar-refractivity contribution is 6.06. The molecule has 0 unspecified atom stereocenters. The molecule has 24 heavy (non-hydrogen) atoms. The van der Waals surface area contributed by atoms with Crippen molar-refractivity contribution in [3.05, 3.63) is 71.7 Å². The van der Waals surface area contributed by atoms with Gasteiger partial charge in [0.1, 0.15) is 0 Å². The van der Waals surface area contributed by atoms with E-state index < -0.39 is 0 Å². The Morgan fingerprint density at radius 2 is 2.04 bits per heavy atom. The Labute approximate surface area is 141 Å². The van der Waals surface area contributed by atoms with Crippen molar-refractivity contribution in [1.82, 2.24) is 14.9 Å². The third-order valence-electron chi connectivity index (χ3n) is 4.45. The van der Waals surface area contributed by atoms with Gasteiger partial charge in [-0.1, -0.05) is 24.3 Å². The highest BCUT2D eigenvalue weighted by Crippen LogP contribution is 2.40. The predicted molar refractivity (Wildman–Crippen MR) is 93.8 cm³/mol. The van der Waals surface area contributed by atoms with Crippen LogP contribution in [0.25, 0.3) is 10.9 Å². The molecule has 1 fully saturated rings. The summed E-state index contributed by atoms with van der Waals surface area (Å²) in [7, 11) is 1.83. The van der Waals surface area contributed by atoms with Crippen molar-refractivity contribution in [2.45, 2.75) is 25.3 Å². The van der Waals surface area contributed by atoms with E-state index in [-0.39, 0.29) is 5.91 Å². The van der Waals surface area contributed by atoms with Crippen LogP contribution in [0.1, 0.15) is 40.4 Å². The van der Waals surface area contributed by atoms with Crippen molar-refractivity contribution in [1.29, 1.82) is 0 Å². The van der Waals surface area contributed by atoms with Crippen LogP contribution in [0, 0.1) is 0 Å². The Bertz CT molecular complexity index is 888. The SMILES string of the molecule is CN(Cc1cccnc1)C(=O)c1cc(C2CC2)nc2ccccc12. The topological polar surface area (TPSA) is 46.1 Å². The second-order valence-electron chi connectivity index (χ2n) is 6.41. The zero-order chi connectivity index (χ0) is 16.5. The Morgan fingerprint density at radius 3 is 2.79 bits per heavy atom. The molecule has 1 amide bonds. The minimum absolute atomic E-state index is 0.0272. The molecule has 0 bridgehead atoms. The molecule has 0 saturated heterocycles. The molecule has 0 aliphatic heterocycles. The summed E-state index contributed by atoms with van der Waals surface area (Å²) in [5.74, 6) is 0.545. The number of amides is 1. The van der Waals surface area contributed by atoms with E-state index >= 15 is 0 Å². The van der Waals surface area contributed by atoms with Crippen LogP contribution in [-0.4, -0.2) is 27.8 Å². The summed E-state index contributed by atoms with van der Waals surface area (Å²) in [6.07, 6.45) is 5.88. The van der Waals surface area contributed by atoms with Crippen LogP contribution in [0.4, 0.5) is 0 Å². The average Bonchev–Trinajstić information content (AvgIpc) is 3.46. The molecular formula is C20H19N3O. The van der Waals surface area contributed by atoms with Gasteiger partial charge in [0.2, 0.25) is 0 Å². The van der Waals surface area contributed by atoms with Crippen molar-refractivity contribution in [2.75, 3.05) is 7.05 Å². The molecule has 0 atom stereocenters. The first-order valence-corrected chi connectivity index (χ1v) is 8.26. The number of rotatable bonds is 4. The molecule has 120 valence electrons. The zero-order valence-corrected chi connectivity index (χ0v) is 13.6. The summed E-state index contributed by atoms with van der Waals surface area (Å²) in [5.41, 5.74) is 3.72. The molecule has 2 aromatic heterocycles. The number of hydrogen-bond acceptors (Lipinski definition) is 3. The van der Waals surface area contributed by atoms with Crippen LogP contribution in [0.15, 0.2) is 54.9 Å². The van der Waals surface area contributed by atoms with Gasteiger partial charge in [0, 0.05) is 43.0 Å². The molecule has 0 spiro atoms. The fraction of sp³-hybridized carbons (Fsp3) is 0.250. The first-order chi connectivity index (χ1) is 11.7. The fourth-order valence-electron chi connectivity index (χ4n) is 3.00. The van der Waals surface area contributed by atoms with Crippen LogP contribution in [0.3, 0.4) is 0 Å². The molecule has 4 rings (SSSR count). The Kier molecular flexibility index (Phi) is 3.73. The van der Waals surface area contributed by atoms with Gasteiger partial charge in [-0.3, -0.25) is 14.8 Å². The van der Waals surface area contributed by atoms with Gasteiger partial charge >= 0.3 is 0 Å². The number of nitrogens with zero attached hydrogens (tertiary/aromatic N) is 3. The molecule has 0 radical (unpaired) electrons. The van der Waals surface area contributed by atoms with Crippen LogP contribution in [-0.2, 0) is 6.54 Å². The summed E-state index contributed by atoms with van der Waals surface area (Å²) < 4.78 is 0. The van der Waals surface area contributed by atoms with Gasteiger partial charge in [0.25, 0.3) is 5.91 Å². The van der Waals surface area contributed by atoms with Gasteiger partial charge in [-0.05, 0) is 36.6 Å². The Hall–Kier alpha value is -2.75. The normalized spacial score (nSPS) is 13.9. The molecule has 4 nitrogen and oxygen atoms in total. The van der Waals surface area contributed by atoms with E-state index in [4.69, 9.17) is 4.98 Å². The van der Waals surface area contributed by atoms with Gasteiger partial charge in [-0.25, -0.2) is 0 Å². The molecule has 1 aliphatic rings. The molecule has 4 heteroatoms. The Balaban J connectivity index is 1.70. The summed E-state index contributed by atoms with van der Waals surface area (Å²) in [6.45, 7) is 0.544. The van der Waals surface area contributed by atoms with Gasteiger partial charge in [0.15, 0.2) is 0 Å². The van der Waals surface area contributed by atoms with Crippen LogP contribution in [0.2, 0.25) is 0 Å². The van der Waals surface area contributed by atoms with Gasteiger partial charge in [-0.15, -0.1) is 0 Å². The predicted octanol–water partition coefficient (Wildman–Crippen LogP) is 3.78. The average molecular weight is 317 g/mol. The molecule has 1 aliphatic carbocycles. The largest absolute Gasteiger partial charge is 0.337 e. The lowest BCUT2D eigenvalue weighted by Crippen LogP contribution is -2.26. The smallest absolute Gasteiger partial charge is 0.254 e. The third-order valence-corrected chi connectivity index (χ3v) is 4.45. The van der Waals surface area contributed by atoms with Crippen molar-refractivity contribution < 1.29 is 4.79 Å². The number of para-hydroxylation sites is 1. The first-order valence-electron chi connectivity index (χ1n) is 8.26. The van der Waals surface area contributed by atoms with Gasteiger partial charge < -0.3 is 4.90 Å². The number of aromatic nitrogens is 2. The second-order valence-corrected chi connectivity index (χ2v) is 6.41. The quantitative estimate of drug-likeness (QED) is 0.735. The Morgan fingerprint density at radius 1 is 1.21 bits per heavy atom. The van der Waals surface area contributed by atoms with E-state index in [9.17, 15) is 4.79 Å². The summed E-state index contributed by atoms with van der Waals surface area (Å²) >= 11 is 0. The first kappa shape index (κ1) is 14.8. The van der Waals surface area contributed by atoms with E-state index in [1.807, 2.05) is 49.5 Å². The molecule has 2 heterocycles. The minimum Gasteiger partial charge on any atom is -0.337 e. The lowest BCUT2D eigenvalue weighted by atomic mass is 10.0. The minimum atomic E-state index is 0.0272. The van der Waals surface area contributed by atoms with E-state index in [1.54, 1.807) is 17.3 Å². The summed E-state index contributed by atoms with van der Waals surface area (Å²) in [6, 6.07) is 13.8. The number of fused-ring (bicyclic) bond motifs is 1. The van der Waals surface area contributed by atoms with Crippen LogP contribution >= 0.6 is 0 Å². The van der Waals surface area contributed by atoms with Crippen LogP contribution in [0.5, 0.6) is 0 Å². The third kappa shape index (κ3) is 2.87. The summed E-state index contributed by atoms with van der Waals surface area (Å²) in [5, 5.41) is 0.921. The molecule has 0 N–H and O–H groups in total. The molecule has 3 aromatic rings. The number of carbonyl (C=O) groups excluding carboxylic acids is 1. The highest BCUT2D eigenvalue weighted by atomic mass is 16.2. The summed E-state index contributed by atoms with van der Waals surface area (Å²) in [4.78, 5) is 23.6.